The number of benzene rings is 2. The average Bonchev–Trinajstić information content (AvgIpc) is 3.29. The first-order valence-electron chi connectivity index (χ1n) is 15.1. The van der Waals surface area contributed by atoms with Crippen LogP contribution in [0.3, 0.4) is 0 Å². The number of hydrogen-bond acceptors (Lipinski definition) is 1. The van der Waals surface area contributed by atoms with Gasteiger partial charge in [-0.25, -0.2) is 0 Å². The fourth-order valence-electron chi connectivity index (χ4n) is 6.70. The van der Waals surface area contributed by atoms with Crippen LogP contribution in [-0.2, 0) is 0 Å². The molecule has 0 fully saturated rings. The van der Waals surface area contributed by atoms with Gasteiger partial charge in [-0.3, -0.25) is 0 Å². The van der Waals surface area contributed by atoms with Crippen molar-refractivity contribution in [3.05, 3.63) is 140 Å². The molecule has 0 bridgehead atoms. The zero-order chi connectivity index (χ0) is 29.3. The van der Waals surface area contributed by atoms with Crippen LogP contribution in [0.5, 0.6) is 0 Å². The lowest BCUT2D eigenvalue weighted by Crippen LogP contribution is -2.14. The number of hydrogen-bond donors (Lipinski definition) is 0. The van der Waals surface area contributed by atoms with Gasteiger partial charge in [0.1, 0.15) is 0 Å². The Kier molecular flexibility index (Phi) is 8.66. The summed E-state index contributed by atoms with van der Waals surface area (Å²) in [5, 5.41) is 1.38. The summed E-state index contributed by atoms with van der Waals surface area (Å²) in [6.07, 6.45) is 16.4. The van der Waals surface area contributed by atoms with Crippen LogP contribution in [-0.4, -0.2) is 0 Å². The molecule has 0 aliphatic heterocycles. The molecule has 0 radical (unpaired) electrons. The van der Waals surface area contributed by atoms with Crippen molar-refractivity contribution in [2.75, 3.05) is 0 Å². The predicted octanol–water partition coefficient (Wildman–Crippen LogP) is 12.1. The molecule has 0 N–H and O–H groups in total. The molecule has 0 saturated carbocycles. The minimum Gasteiger partial charge on any atom is -0.140 e. The van der Waals surface area contributed by atoms with Crippen LogP contribution < -0.4 is 0 Å². The summed E-state index contributed by atoms with van der Waals surface area (Å²) in [7, 11) is 0. The van der Waals surface area contributed by atoms with Gasteiger partial charge in [-0.15, -0.1) is 11.3 Å². The maximum Gasteiger partial charge on any atom is 0.0351 e. The Balaban J connectivity index is 1.90. The Morgan fingerprint density at radius 1 is 0.756 bits per heavy atom. The molecule has 2 aliphatic carbocycles. The molecule has 5 rings (SSSR count). The Labute approximate surface area is 251 Å². The first kappa shape index (κ1) is 29.1. The maximum absolute atomic E-state index is 2.49. The number of aryl methyl sites for hydroxylation is 2. The van der Waals surface area contributed by atoms with E-state index in [2.05, 4.69) is 140 Å². The largest absolute Gasteiger partial charge is 0.140 e. The molecule has 41 heavy (non-hydrogen) atoms. The standard InChI is InChI=1S/C40H44S/c1-25(2)37(32-20-12-9-17-26(32)3)38(33-21-13-10-18-27(33)4)29(6)30(7)39(34-22-14-11-19-28(34)5)40-31(8)41-36-24-16-15-23-35(36)40/h9,11-12,14-24,28,34H,10,13H2,1-8H3/b38-29-,39-30-. The van der Waals surface area contributed by atoms with Gasteiger partial charge in [-0.1, -0.05) is 91.4 Å². The summed E-state index contributed by atoms with van der Waals surface area (Å²) in [5.41, 5.74) is 15.2. The maximum atomic E-state index is 2.49. The number of allylic oxidation sites excluding steroid dienone is 14. The molecule has 0 spiro atoms. The second-order valence-electron chi connectivity index (χ2n) is 12.0. The topological polar surface area (TPSA) is 0 Å². The fraction of sp³-hybridized carbons (Fsp3) is 0.300. The Bertz CT molecular complexity index is 1700. The highest BCUT2D eigenvalue weighted by Gasteiger charge is 2.28. The molecular weight excluding hydrogens is 513 g/mol. The van der Waals surface area contributed by atoms with Gasteiger partial charge in [0, 0.05) is 26.4 Å². The normalized spacial score (nSPS) is 19.9. The molecule has 0 amide bonds. The minimum absolute atomic E-state index is 0.318. The summed E-state index contributed by atoms with van der Waals surface area (Å²) < 4.78 is 1.37. The predicted molar refractivity (Wildman–Crippen MR) is 183 cm³/mol. The van der Waals surface area contributed by atoms with Crippen molar-refractivity contribution < 1.29 is 0 Å². The highest BCUT2D eigenvalue weighted by Crippen LogP contribution is 2.47. The van der Waals surface area contributed by atoms with Crippen LogP contribution in [0.4, 0.5) is 0 Å². The molecule has 210 valence electrons. The van der Waals surface area contributed by atoms with Gasteiger partial charge < -0.3 is 0 Å². The van der Waals surface area contributed by atoms with Crippen LogP contribution in [0.25, 0.3) is 21.2 Å². The van der Waals surface area contributed by atoms with E-state index in [9.17, 15) is 0 Å². The minimum atomic E-state index is 0.318. The lowest BCUT2D eigenvalue weighted by molar-refractivity contribution is 0.618. The summed E-state index contributed by atoms with van der Waals surface area (Å²) in [6.45, 7) is 18.6. The molecule has 1 heteroatoms. The average molecular weight is 557 g/mol. The lowest BCUT2D eigenvalue weighted by Gasteiger charge is -2.30. The molecule has 2 atom stereocenters. The van der Waals surface area contributed by atoms with Crippen LogP contribution in [0, 0.1) is 25.7 Å². The van der Waals surface area contributed by atoms with E-state index in [1.165, 1.54) is 76.2 Å². The Morgan fingerprint density at radius 2 is 1.44 bits per heavy atom. The SMILES string of the molecule is CC1=CCCC=C1/C(C(=C(C)C)c1ccccc1C)=C(C)/C(C)=C(\c1c(C)sc2ccccc12)C1C=CC=CC1C. The van der Waals surface area contributed by atoms with Crippen LogP contribution in [0.1, 0.15) is 76.0 Å². The van der Waals surface area contributed by atoms with E-state index in [4.69, 9.17) is 0 Å². The van der Waals surface area contributed by atoms with Crippen molar-refractivity contribution in [1.82, 2.24) is 0 Å². The second kappa shape index (κ2) is 12.2. The van der Waals surface area contributed by atoms with Gasteiger partial charge >= 0.3 is 0 Å². The third-order valence-corrected chi connectivity index (χ3v) is 10.0. The van der Waals surface area contributed by atoms with E-state index in [1.54, 1.807) is 0 Å². The highest BCUT2D eigenvalue weighted by molar-refractivity contribution is 7.19. The fourth-order valence-corrected chi connectivity index (χ4v) is 7.78. The molecule has 2 aromatic carbocycles. The van der Waals surface area contributed by atoms with Gasteiger partial charge in [0.15, 0.2) is 0 Å². The van der Waals surface area contributed by atoms with Gasteiger partial charge in [0.25, 0.3) is 0 Å². The van der Waals surface area contributed by atoms with Crippen molar-refractivity contribution in [3.63, 3.8) is 0 Å². The van der Waals surface area contributed by atoms with Crippen molar-refractivity contribution in [3.8, 4) is 0 Å². The first-order valence-corrected chi connectivity index (χ1v) is 15.9. The van der Waals surface area contributed by atoms with Crippen LogP contribution in [0.2, 0.25) is 0 Å². The van der Waals surface area contributed by atoms with Gasteiger partial charge in [-0.05, 0) is 123 Å². The van der Waals surface area contributed by atoms with E-state index < -0.39 is 0 Å². The zero-order valence-electron chi connectivity index (χ0n) is 26.1. The smallest absolute Gasteiger partial charge is 0.0351 e. The monoisotopic (exact) mass is 556 g/mol. The third-order valence-electron chi connectivity index (χ3n) is 8.95. The number of thiophene rings is 1. The van der Waals surface area contributed by atoms with Crippen LogP contribution >= 0.6 is 11.3 Å². The summed E-state index contributed by atoms with van der Waals surface area (Å²) in [5.74, 6) is 0.743. The van der Waals surface area contributed by atoms with Gasteiger partial charge in [-0.2, -0.15) is 0 Å². The van der Waals surface area contributed by atoms with E-state index in [0.29, 0.717) is 11.8 Å². The quantitative estimate of drug-likeness (QED) is 0.265. The molecule has 0 saturated heterocycles. The summed E-state index contributed by atoms with van der Waals surface area (Å²) in [6, 6.07) is 17.9. The van der Waals surface area contributed by atoms with E-state index in [-0.39, 0.29) is 0 Å². The van der Waals surface area contributed by atoms with Crippen molar-refractivity contribution >= 4 is 32.6 Å². The molecule has 1 aromatic heterocycles. The van der Waals surface area contributed by atoms with Crippen molar-refractivity contribution in [2.45, 2.75) is 68.2 Å². The Hall–Kier alpha value is -3.42. The third kappa shape index (κ3) is 5.57. The lowest BCUT2D eigenvalue weighted by atomic mass is 9.74. The Morgan fingerprint density at radius 3 is 2.15 bits per heavy atom. The highest BCUT2D eigenvalue weighted by atomic mass is 32.1. The molecule has 2 aliphatic rings. The molecule has 0 nitrogen and oxygen atoms in total. The van der Waals surface area contributed by atoms with E-state index in [0.717, 1.165) is 12.8 Å². The molecule has 3 aromatic rings. The molecule has 2 unspecified atom stereocenters. The first-order chi connectivity index (χ1) is 19.7. The van der Waals surface area contributed by atoms with E-state index >= 15 is 0 Å². The molecule has 1 heterocycles. The number of fused-ring (bicyclic) bond motifs is 1. The van der Waals surface area contributed by atoms with Crippen molar-refractivity contribution in [2.24, 2.45) is 11.8 Å². The second-order valence-corrected chi connectivity index (χ2v) is 13.3. The zero-order valence-corrected chi connectivity index (χ0v) is 26.9. The number of rotatable bonds is 6. The summed E-state index contributed by atoms with van der Waals surface area (Å²) in [4.78, 5) is 1.40. The summed E-state index contributed by atoms with van der Waals surface area (Å²) >= 11 is 1.93. The van der Waals surface area contributed by atoms with E-state index in [1.807, 2.05) is 11.3 Å². The van der Waals surface area contributed by atoms with Gasteiger partial charge in [0.2, 0.25) is 0 Å². The van der Waals surface area contributed by atoms with Gasteiger partial charge in [0.05, 0.1) is 0 Å². The van der Waals surface area contributed by atoms with Crippen molar-refractivity contribution in [1.29, 1.82) is 0 Å². The molecular formula is C40H44S. The van der Waals surface area contributed by atoms with Crippen LogP contribution in [0.15, 0.2) is 118 Å².